The molecule has 24 heavy (non-hydrogen) atoms. The topological polar surface area (TPSA) is 89.5 Å². The molecule has 1 aromatic heterocycles. The molecule has 2 N–H and O–H groups in total. The molecule has 0 radical (unpaired) electrons. The highest BCUT2D eigenvalue weighted by atomic mass is 32.1. The van der Waals surface area contributed by atoms with Crippen LogP contribution in [0.2, 0.25) is 0 Å². The Morgan fingerprint density at radius 2 is 1.88 bits per heavy atom. The Morgan fingerprint density at radius 1 is 1.17 bits per heavy atom. The third-order valence-corrected chi connectivity index (χ3v) is 4.18. The van der Waals surface area contributed by atoms with E-state index in [1.54, 1.807) is 37.6 Å². The quantitative estimate of drug-likeness (QED) is 0.809. The van der Waals surface area contributed by atoms with E-state index in [2.05, 4.69) is 15.6 Å². The summed E-state index contributed by atoms with van der Waals surface area (Å²) in [5.74, 6) is -0.336. The number of aryl methyl sites for hydroxylation is 1. The van der Waals surface area contributed by atoms with Crippen LogP contribution in [0.3, 0.4) is 0 Å². The molecule has 1 aromatic carbocycles. The molecule has 2 aromatic rings. The van der Waals surface area contributed by atoms with Crippen LogP contribution in [-0.2, 0) is 9.59 Å². The number of hydrogen-bond acceptors (Lipinski definition) is 6. The van der Waals surface area contributed by atoms with Crippen LogP contribution in [-0.4, -0.2) is 31.0 Å². The number of thiazole rings is 1. The van der Waals surface area contributed by atoms with Gasteiger partial charge in [-0.05, 0) is 31.5 Å². The monoisotopic (exact) mass is 349 g/mol. The van der Waals surface area contributed by atoms with Crippen molar-refractivity contribution in [2.45, 2.75) is 19.9 Å². The minimum absolute atomic E-state index is 0.374. The van der Waals surface area contributed by atoms with Gasteiger partial charge < -0.3 is 14.8 Å². The Hall–Kier alpha value is -2.61. The van der Waals surface area contributed by atoms with Gasteiger partial charge in [0.2, 0.25) is 0 Å². The van der Waals surface area contributed by atoms with Gasteiger partial charge >= 0.3 is 11.8 Å². The number of methoxy groups -OCH3 is 2. The molecule has 1 atom stereocenters. The molecule has 2 rings (SSSR count). The van der Waals surface area contributed by atoms with E-state index in [-0.39, 0.29) is 6.04 Å². The van der Waals surface area contributed by atoms with Gasteiger partial charge in [0.25, 0.3) is 0 Å². The summed E-state index contributed by atoms with van der Waals surface area (Å²) in [5.41, 5.74) is 1.58. The zero-order valence-corrected chi connectivity index (χ0v) is 14.7. The van der Waals surface area contributed by atoms with Crippen LogP contribution in [0.4, 0.5) is 5.13 Å². The van der Waals surface area contributed by atoms with Crippen molar-refractivity contribution in [1.29, 1.82) is 0 Å². The highest BCUT2D eigenvalue weighted by Crippen LogP contribution is 2.29. The number of nitrogens with zero attached hydrogens (tertiary/aromatic N) is 1. The smallest absolute Gasteiger partial charge is 0.315 e. The molecule has 0 bridgehead atoms. The van der Waals surface area contributed by atoms with E-state index in [1.165, 1.54) is 18.4 Å². The fourth-order valence-corrected chi connectivity index (χ4v) is 2.72. The van der Waals surface area contributed by atoms with Crippen molar-refractivity contribution in [3.63, 3.8) is 0 Å². The average molecular weight is 349 g/mol. The molecule has 0 saturated carbocycles. The third-order valence-electron chi connectivity index (χ3n) is 3.30. The van der Waals surface area contributed by atoms with E-state index in [0.29, 0.717) is 16.6 Å². The van der Waals surface area contributed by atoms with Gasteiger partial charge in [-0.25, -0.2) is 4.98 Å². The molecule has 1 heterocycles. The van der Waals surface area contributed by atoms with Crippen LogP contribution < -0.4 is 20.1 Å². The first-order valence-corrected chi connectivity index (χ1v) is 8.08. The molecule has 1 unspecified atom stereocenters. The predicted molar refractivity (Wildman–Crippen MR) is 91.6 cm³/mol. The van der Waals surface area contributed by atoms with Crippen molar-refractivity contribution in [3.8, 4) is 11.5 Å². The van der Waals surface area contributed by atoms with Crippen molar-refractivity contribution in [3.05, 3.63) is 34.8 Å². The van der Waals surface area contributed by atoms with E-state index in [4.69, 9.17) is 9.47 Å². The number of carbonyl (C=O) groups excluding carboxylic acids is 2. The number of rotatable bonds is 5. The largest absolute Gasteiger partial charge is 0.493 e. The SMILES string of the molecule is COc1ccc(C(C)NC(=O)C(=O)Nc2nc(C)cs2)cc1OC. The second kappa shape index (κ2) is 7.78. The first-order chi connectivity index (χ1) is 11.4. The molecular weight excluding hydrogens is 330 g/mol. The molecule has 0 aliphatic heterocycles. The molecule has 0 fully saturated rings. The van der Waals surface area contributed by atoms with E-state index in [0.717, 1.165) is 11.3 Å². The Balaban J connectivity index is 2.01. The van der Waals surface area contributed by atoms with Crippen molar-refractivity contribution >= 4 is 28.3 Å². The Morgan fingerprint density at radius 3 is 2.46 bits per heavy atom. The van der Waals surface area contributed by atoms with E-state index in [9.17, 15) is 9.59 Å². The van der Waals surface area contributed by atoms with Crippen LogP contribution in [0.1, 0.15) is 24.2 Å². The second-order valence-electron chi connectivity index (χ2n) is 5.06. The zero-order valence-electron chi connectivity index (χ0n) is 13.9. The number of anilines is 1. The van der Waals surface area contributed by atoms with Crippen molar-refractivity contribution in [1.82, 2.24) is 10.3 Å². The Labute approximate surface area is 144 Å². The lowest BCUT2D eigenvalue weighted by Crippen LogP contribution is -2.36. The fourth-order valence-electron chi connectivity index (χ4n) is 2.03. The number of ether oxygens (including phenoxy) is 2. The van der Waals surface area contributed by atoms with Gasteiger partial charge in [-0.3, -0.25) is 14.9 Å². The molecule has 7 nitrogen and oxygen atoms in total. The maximum atomic E-state index is 12.0. The summed E-state index contributed by atoms with van der Waals surface area (Å²) in [4.78, 5) is 28.0. The molecule has 0 spiro atoms. The normalized spacial score (nSPS) is 11.5. The van der Waals surface area contributed by atoms with Crippen LogP contribution >= 0.6 is 11.3 Å². The predicted octanol–water partition coefficient (Wildman–Crippen LogP) is 2.28. The molecule has 8 heteroatoms. The Kier molecular flexibility index (Phi) is 5.75. The molecular formula is C16H19N3O4S. The van der Waals surface area contributed by atoms with Gasteiger partial charge in [0, 0.05) is 5.38 Å². The molecule has 2 amide bonds. The van der Waals surface area contributed by atoms with Gasteiger partial charge in [-0.2, -0.15) is 0 Å². The second-order valence-corrected chi connectivity index (χ2v) is 5.92. The fraction of sp³-hybridized carbons (Fsp3) is 0.312. The van der Waals surface area contributed by atoms with Gasteiger partial charge in [-0.1, -0.05) is 6.07 Å². The van der Waals surface area contributed by atoms with Crippen LogP contribution in [0.5, 0.6) is 11.5 Å². The van der Waals surface area contributed by atoms with Gasteiger partial charge in [-0.15, -0.1) is 11.3 Å². The molecule has 128 valence electrons. The Bertz CT molecular complexity index is 745. The summed E-state index contributed by atoms with van der Waals surface area (Å²) in [5, 5.41) is 7.30. The summed E-state index contributed by atoms with van der Waals surface area (Å²) in [6.45, 7) is 3.59. The molecule has 0 saturated heterocycles. The first-order valence-electron chi connectivity index (χ1n) is 7.20. The first kappa shape index (κ1) is 17.7. The maximum Gasteiger partial charge on any atom is 0.315 e. The van der Waals surface area contributed by atoms with Crippen molar-refractivity contribution in [2.75, 3.05) is 19.5 Å². The number of amides is 2. The van der Waals surface area contributed by atoms with Gasteiger partial charge in [0.1, 0.15) is 0 Å². The zero-order chi connectivity index (χ0) is 17.7. The van der Waals surface area contributed by atoms with Crippen LogP contribution in [0.15, 0.2) is 23.6 Å². The number of nitrogens with one attached hydrogen (secondary N) is 2. The van der Waals surface area contributed by atoms with Crippen LogP contribution in [0, 0.1) is 6.92 Å². The lowest BCUT2D eigenvalue weighted by Gasteiger charge is -2.16. The summed E-state index contributed by atoms with van der Waals surface area (Å²) in [6.07, 6.45) is 0. The van der Waals surface area contributed by atoms with Crippen LogP contribution in [0.25, 0.3) is 0 Å². The summed E-state index contributed by atoms with van der Waals surface area (Å²) in [6, 6.07) is 4.93. The highest BCUT2D eigenvalue weighted by molar-refractivity contribution is 7.14. The lowest BCUT2D eigenvalue weighted by atomic mass is 10.1. The van der Waals surface area contributed by atoms with E-state index in [1.807, 2.05) is 6.92 Å². The highest BCUT2D eigenvalue weighted by Gasteiger charge is 2.19. The average Bonchev–Trinajstić information content (AvgIpc) is 2.98. The minimum atomic E-state index is -0.753. The summed E-state index contributed by atoms with van der Waals surface area (Å²) in [7, 11) is 3.09. The summed E-state index contributed by atoms with van der Waals surface area (Å²) < 4.78 is 10.4. The summed E-state index contributed by atoms with van der Waals surface area (Å²) >= 11 is 1.27. The standard InChI is InChI=1S/C16H19N3O4S/c1-9-8-24-16(17-9)19-15(21)14(20)18-10(2)11-5-6-12(22-3)13(7-11)23-4/h5-8,10H,1-4H3,(H,18,20)(H,17,19,21). The number of benzene rings is 1. The molecule has 0 aliphatic carbocycles. The van der Waals surface area contributed by atoms with E-state index < -0.39 is 11.8 Å². The van der Waals surface area contributed by atoms with Crippen molar-refractivity contribution < 1.29 is 19.1 Å². The number of hydrogen-bond donors (Lipinski definition) is 2. The van der Waals surface area contributed by atoms with Gasteiger partial charge in [0.15, 0.2) is 16.6 Å². The lowest BCUT2D eigenvalue weighted by molar-refractivity contribution is -0.136. The van der Waals surface area contributed by atoms with Crippen molar-refractivity contribution in [2.24, 2.45) is 0 Å². The maximum absolute atomic E-state index is 12.0. The van der Waals surface area contributed by atoms with E-state index >= 15 is 0 Å². The number of aromatic nitrogens is 1. The minimum Gasteiger partial charge on any atom is -0.493 e. The number of carbonyl (C=O) groups is 2. The van der Waals surface area contributed by atoms with Gasteiger partial charge in [0.05, 0.1) is 26.0 Å². The molecule has 0 aliphatic rings. The third kappa shape index (κ3) is 4.23.